The molecule has 0 radical (unpaired) electrons. The first-order valence-corrected chi connectivity index (χ1v) is 6.59. The molecule has 1 saturated carbocycles. The summed E-state index contributed by atoms with van der Waals surface area (Å²) in [4.78, 5) is 5.08. The highest BCUT2D eigenvalue weighted by Gasteiger charge is 2.47. The van der Waals surface area contributed by atoms with E-state index in [0.29, 0.717) is 5.54 Å². The Bertz CT molecular complexity index is 364. The van der Waals surface area contributed by atoms with Crippen LogP contribution in [0.3, 0.4) is 0 Å². The van der Waals surface area contributed by atoms with Crippen molar-refractivity contribution in [3.05, 3.63) is 30.3 Å². The van der Waals surface area contributed by atoms with Gasteiger partial charge < -0.3 is 10.6 Å². The van der Waals surface area contributed by atoms with Crippen LogP contribution >= 0.6 is 0 Å². The molecule has 1 aliphatic carbocycles. The van der Waals surface area contributed by atoms with Crippen molar-refractivity contribution in [3.63, 3.8) is 0 Å². The first-order valence-electron chi connectivity index (χ1n) is 6.59. The summed E-state index contributed by atoms with van der Waals surface area (Å²) >= 11 is 0. The summed E-state index contributed by atoms with van der Waals surface area (Å²) in [6.07, 6.45) is 2.60. The number of nitrogens with two attached hydrogens (primary N) is 1. The van der Waals surface area contributed by atoms with E-state index in [2.05, 4.69) is 40.1 Å². The standard InChI is InChI=1S/C14H21N3/c15-12-14(6-7-14)17-10-8-16(9-11-17)13-4-2-1-3-5-13/h1-5H,6-12,15H2. The number of nitrogens with zero attached hydrogens (tertiary/aromatic N) is 2. The summed E-state index contributed by atoms with van der Waals surface area (Å²) in [7, 11) is 0. The first kappa shape index (κ1) is 11.1. The molecule has 92 valence electrons. The van der Waals surface area contributed by atoms with Gasteiger partial charge in [0, 0.05) is 44.0 Å². The lowest BCUT2D eigenvalue weighted by Crippen LogP contribution is -2.53. The topological polar surface area (TPSA) is 32.5 Å². The van der Waals surface area contributed by atoms with E-state index < -0.39 is 0 Å². The fraction of sp³-hybridized carbons (Fsp3) is 0.571. The van der Waals surface area contributed by atoms with Gasteiger partial charge in [-0.3, -0.25) is 4.90 Å². The maximum Gasteiger partial charge on any atom is 0.0367 e. The van der Waals surface area contributed by atoms with Crippen LogP contribution in [0.25, 0.3) is 0 Å². The highest BCUT2D eigenvalue weighted by Crippen LogP contribution is 2.41. The number of piperazine rings is 1. The second-order valence-corrected chi connectivity index (χ2v) is 5.24. The molecule has 3 heteroatoms. The van der Waals surface area contributed by atoms with Crippen molar-refractivity contribution in [2.45, 2.75) is 18.4 Å². The van der Waals surface area contributed by atoms with Crippen LogP contribution in [0.5, 0.6) is 0 Å². The van der Waals surface area contributed by atoms with E-state index in [-0.39, 0.29) is 0 Å². The van der Waals surface area contributed by atoms with Crippen molar-refractivity contribution in [2.24, 2.45) is 5.73 Å². The molecule has 1 heterocycles. The molecule has 2 N–H and O–H groups in total. The zero-order valence-electron chi connectivity index (χ0n) is 10.3. The van der Waals surface area contributed by atoms with Crippen LogP contribution < -0.4 is 10.6 Å². The van der Waals surface area contributed by atoms with Gasteiger partial charge in [-0.25, -0.2) is 0 Å². The number of benzene rings is 1. The highest BCUT2D eigenvalue weighted by molar-refractivity contribution is 5.46. The van der Waals surface area contributed by atoms with Gasteiger partial charge in [0.25, 0.3) is 0 Å². The molecular formula is C14H21N3. The van der Waals surface area contributed by atoms with E-state index in [1.54, 1.807) is 0 Å². The molecule has 0 atom stereocenters. The SMILES string of the molecule is NCC1(N2CCN(c3ccccc3)CC2)CC1. The highest BCUT2D eigenvalue weighted by atomic mass is 15.3. The Morgan fingerprint density at radius 2 is 1.65 bits per heavy atom. The van der Waals surface area contributed by atoms with Gasteiger partial charge in [-0.1, -0.05) is 18.2 Å². The van der Waals surface area contributed by atoms with Crippen LogP contribution in [0.15, 0.2) is 30.3 Å². The van der Waals surface area contributed by atoms with Gasteiger partial charge in [-0.15, -0.1) is 0 Å². The van der Waals surface area contributed by atoms with Crippen molar-refractivity contribution < 1.29 is 0 Å². The minimum atomic E-state index is 0.378. The van der Waals surface area contributed by atoms with Crippen molar-refractivity contribution >= 4 is 5.69 Å². The number of hydrogen-bond acceptors (Lipinski definition) is 3. The molecule has 0 aromatic heterocycles. The molecule has 0 bridgehead atoms. The van der Waals surface area contributed by atoms with Gasteiger partial charge >= 0.3 is 0 Å². The van der Waals surface area contributed by atoms with E-state index in [1.807, 2.05) is 0 Å². The third-order valence-corrected chi connectivity index (χ3v) is 4.28. The van der Waals surface area contributed by atoms with Crippen molar-refractivity contribution in [3.8, 4) is 0 Å². The normalized spacial score (nSPS) is 23.7. The Morgan fingerprint density at radius 1 is 1.00 bits per heavy atom. The van der Waals surface area contributed by atoms with Crippen molar-refractivity contribution in [2.75, 3.05) is 37.6 Å². The summed E-state index contributed by atoms with van der Waals surface area (Å²) in [5.74, 6) is 0. The van der Waals surface area contributed by atoms with Gasteiger partial charge in [-0.2, -0.15) is 0 Å². The first-order chi connectivity index (χ1) is 8.34. The molecule has 1 aromatic carbocycles. The summed E-state index contributed by atoms with van der Waals surface area (Å²) in [5.41, 5.74) is 7.62. The lowest BCUT2D eigenvalue weighted by atomic mass is 10.1. The predicted octanol–water partition coefficient (Wildman–Crippen LogP) is 1.30. The minimum absolute atomic E-state index is 0.378. The minimum Gasteiger partial charge on any atom is -0.369 e. The average Bonchev–Trinajstić information content (AvgIpc) is 3.21. The summed E-state index contributed by atoms with van der Waals surface area (Å²) < 4.78 is 0. The summed E-state index contributed by atoms with van der Waals surface area (Å²) in [5, 5.41) is 0. The molecule has 1 saturated heterocycles. The largest absolute Gasteiger partial charge is 0.369 e. The van der Waals surface area contributed by atoms with Crippen LogP contribution in [-0.4, -0.2) is 43.2 Å². The van der Waals surface area contributed by atoms with E-state index in [9.17, 15) is 0 Å². The van der Waals surface area contributed by atoms with E-state index in [0.717, 1.165) is 32.7 Å². The Kier molecular flexibility index (Phi) is 2.81. The molecule has 3 nitrogen and oxygen atoms in total. The molecular weight excluding hydrogens is 210 g/mol. The van der Waals surface area contributed by atoms with Gasteiger partial charge in [0.15, 0.2) is 0 Å². The Hall–Kier alpha value is -1.06. The maximum absolute atomic E-state index is 5.89. The van der Waals surface area contributed by atoms with Crippen LogP contribution in [0, 0.1) is 0 Å². The van der Waals surface area contributed by atoms with Gasteiger partial charge in [0.2, 0.25) is 0 Å². The van der Waals surface area contributed by atoms with E-state index in [1.165, 1.54) is 18.5 Å². The number of hydrogen-bond donors (Lipinski definition) is 1. The van der Waals surface area contributed by atoms with E-state index in [4.69, 9.17) is 5.73 Å². The van der Waals surface area contributed by atoms with Crippen LogP contribution in [0.2, 0.25) is 0 Å². The zero-order valence-corrected chi connectivity index (χ0v) is 10.3. The van der Waals surface area contributed by atoms with Crippen LogP contribution in [-0.2, 0) is 0 Å². The number of anilines is 1. The zero-order chi connectivity index (χ0) is 11.7. The molecule has 3 rings (SSSR count). The van der Waals surface area contributed by atoms with Crippen LogP contribution in [0.1, 0.15) is 12.8 Å². The molecule has 1 aromatic rings. The monoisotopic (exact) mass is 231 g/mol. The lowest BCUT2D eigenvalue weighted by Gasteiger charge is -2.40. The van der Waals surface area contributed by atoms with Crippen molar-refractivity contribution in [1.29, 1.82) is 0 Å². The number of para-hydroxylation sites is 1. The van der Waals surface area contributed by atoms with Crippen molar-refractivity contribution in [1.82, 2.24) is 4.90 Å². The van der Waals surface area contributed by atoms with Gasteiger partial charge in [-0.05, 0) is 25.0 Å². The van der Waals surface area contributed by atoms with Gasteiger partial charge in [0.1, 0.15) is 0 Å². The molecule has 2 aliphatic rings. The van der Waals surface area contributed by atoms with E-state index >= 15 is 0 Å². The Balaban J connectivity index is 1.61. The quantitative estimate of drug-likeness (QED) is 0.851. The predicted molar refractivity (Wildman–Crippen MR) is 71.2 cm³/mol. The second kappa shape index (κ2) is 4.31. The third-order valence-electron chi connectivity index (χ3n) is 4.28. The summed E-state index contributed by atoms with van der Waals surface area (Å²) in [6.45, 7) is 5.41. The fourth-order valence-corrected chi connectivity index (χ4v) is 2.87. The van der Waals surface area contributed by atoms with Crippen LogP contribution in [0.4, 0.5) is 5.69 Å². The Labute approximate surface area is 103 Å². The Morgan fingerprint density at radius 3 is 2.18 bits per heavy atom. The molecule has 1 aliphatic heterocycles. The summed E-state index contributed by atoms with van der Waals surface area (Å²) in [6, 6.07) is 10.7. The smallest absolute Gasteiger partial charge is 0.0367 e. The molecule has 0 spiro atoms. The second-order valence-electron chi connectivity index (χ2n) is 5.24. The molecule has 0 unspecified atom stereocenters. The average molecular weight is 231 g/mol. The molecule has 0 amide bonds. The molecule has 17 heavy (non-hydrogen) atoms. The lowest BCUT2D eigenvalue weighted by molar-refractivity contribution is 0.171. The third kappa shape index (κ3) is 2.05. The number of rotatable bonds is 3. The maximum atomic E-state index is 5.89. The fourth-order valence-electron chi connectivity index (χ4n) is 2.87. The molecule has 2 fully saturated rings. The van der Waals surface area contributed by atoms with Gasteiger partial charge in [0.05, 0.1) is 0 Å².